The minimum absolute atomic E-state index is 0.0624. The van der Waals surface area contributed by atoms with Gasteiger partial charge >= 0.3 is 12.1 Å². The molecular weight excluding hydrogens is 521 g/mol. The van der Waals surface area contributed by atoms with Crippen LogP contribution in [-0.4, -0.2) is 40.7 Å². The van der Waals surface area contributed by atoms with Gasteiger partial charge in [0.05, 0.1) is 25.5 Å². The summed E-state index contributed by atoms with van der Waals surface area (Å²) >= 11 is 1.28. The number of ether oxygens (including phenoxy) is 2. The highest BCUT2D eigenvalue weighted by Crippen LogP contribution is 2.40. The highest BCUT2D eigenvalue weighted by atomic mass is 32.1. The average Bonchev–Trinajstić information content (AvgIpc) is 3.48. The molecule has 198 valence electrons. The Labute approximate surface area is 219 Å². The molecule has 5 rings (SSSR count). The van der Waals surface area contributed by atoms with Crippen molar-refractivity contribution in [1.82, 2.24) is 14.6 Å². The van der Waals surface area contributed by atoms with Crippen molar-refractivity contribution in [2.75, 3.05) is 19.5 Å². The van der Waals surface area contributed by atoms with E-state index >= 15 is 0 Å². The monoisotopic (exact) mass is 544 g/mol. The highest BCUT2D eigenvalue weighted by molar-refractivity contribution is 7.17. The lowest BCUT2D eigenvalue weighted by Gasteiger charge is -2.18. The van der Waals surface area contributed by atoms with Crippen molar-refractivity contribution in [3.05, 3.63) is 63.8 Å². The van der Waals surface area contributed by atoms with Crippen molar-refractivity contribution in [3.8, 4) is 17.0 Å². The molecule has 3 aromatic heterocycles. The second-order valence-corrected chi connectivity index (χ2v) is 10.2. The molecule has 1 N–H and O–H groups in total. The van der Waals surface area contributed by atoms with E-state index < -0.39 is 23.7 Å². The van der Waals surface area contributed by atoms with Gasteiger partial charge in [0.1, 0.15) is 10.8 Å². The molecule has 1 amide bonds. The third kappa shape index (κ3) is 4.71. The van der Waals surface area contributed by atoms with Crippen LogP contribution in [-0.2, 0) is 23.8 Å². The predicted octanol–water partition coefficient (Wildman–Crippen LogP) is 5.65. The Hall–Kier alpha value is -3.93. The Bertz CT molecular complexity index is 1540. The molecule has 1 aliphatic rings. The van der Waals surface area contributed by atoms with Crippen LogP contribution in [0.3, 0.4) is 0 Å². The number of hydrogen-bond donors (Lipinski definition) is 1. The molecule has 3 heterocycles. The molecule has 0 aliphatic heterocycles. The summed E-state index contributed by atoms with van der Waals surface area (Å²) in [5, 5.41) is 6.88. The van der Waals surface area contributed by atoms with Crippen molar-refractivity contribution >= 4 is 33.9 Å². The van der Waals surface area contributed by atoms with Gasteiger partial charge in [0.2, 0.25) is 0 Å². The number of rotatable bonds is 5. The first-order valence-electron chi connectivity index (χ1n) is 11.8. The van der Waals surface area contributed by atoms with E-state index in [0.717, 1.165) is 29.3 Å². The zero-order valence-corrected chi connectivity index (χ0v) is 21.5. The molecule has 1 atom stereocenters. The second kappa shape index (κ2) is 9.75. The zero-order valence-electron chi connectivity index (χ0n) is 20.7. The number of thiophene rings is 1. The van der Waals surface area contributed by atoms with Crippen LogP contribution in [0.1, 0.15) is 50.3 Å². The van der Waals surface area contributed by atoms with E-state index in [-0.39, 0.29) is 22.6 Å². The topological polar surface area (TPSA) is 94.8 Å². The molecule has 0 bridgehead atoms. The summed E-state index contributed by atoms with van der Waals surface area (Å²) in [6, 6.07) is 8.48. The molecule has 1 aromatic carbocycles. The molecule has 0 unspecified atom stereocenters. The number of esters is 1. The standard InChI is InChI=1S/C26H23F3N4O4S/c1-13-4-9-16-19(10-13)38-24(22(16)25(35)37-3)31-23(34)18-12-21-30-17(14-5-7-15(36-2)8-6-14)11-20(26(27,28)29)33(21)32-18/h5-8,11-13H,4,9-10H2,1-3H3,(H,31,34)/t13-/m1/s1. The average molecular weight is 545 g/mol. The summed E-state index contributed by atoms with van der Waals surface area (Å²) in [6.45, 7) is 2.11. The lowest BCUT2D eigenvalue weighted by Crippen LogP contribution is -2.17. The van der Waals surface area contributed by atoms with Gasteiger partial charge in [0, 0.05) is 16.5 Å². The Kier molecular flexibility index (Phi) is 6.59. The lowest BCUT2D eigenvalue weighted by atomic mass is 9.88. The Morgan fingerprint density at radius 2 is 1.89 bits per heavy atom. The van der Waals surface area contributed by atoms with E-state index in [2.05, 4.69) is 22.3 Å². The van der Waals surface area contributed by atoms with E-state index in [1.165, 1.54) is 31.6 Å². The van der Waals surface area contributed by atoms with E-state index in [4.69, 9.17) is 9.47 Å². The number of carbonyl (C=O) groups excluding carboxylic acids is 2. The highest BCUT2D eigenvalue weighted by Gasteiger charge is 2.36. The van der Waals surface area contributed by atoms with E-state index in [9.17, 15) is 22.8 Å². The van der Waals surface area contributed by atoms with Gasteiger partial charge in [-0.05, 0) is 61.1 Å². The van der Waals surface area contributed by atoms with Gasteiger partial charge in [-0.3, -0.25) is 4.79 Å². The molecule has 12 heteroatoms. The summed E-state index contributed by atoms with van der Waals surface area (Å²) in [5.41, 5.74) is 0.124. The molecule has 0 fully saturated rings. The predicted molar refractivity (Wildman–Crippen MR) is 135 cm³/mol. The zero-order chi connectivity index (χ0) is 27.2. The molecule has 0 saturated heterocycles. The number of alkyl halides is 3. The van der Waals surface area contributed by atoms with E-state index in [0.29, 0.717) is 33.2 Å². The Balaban J connectivity index is 1.54. The lowest BCUT2D eigenvalue weighted by molar-refractivity contribution is -0.142. The summed E-state index contributed by atoms with van der Waals surface area (Å²) in [6.07, 6.45) is -2.42. The number of nitrogens with zero attached hydrogens (tertiary/aromatic N) is 3. The maximum Gasteiger partial charge on any atom is 0.433 e. The van der Waals surface area contributed by atoms with Crippen LogP contribution in [0.2, 0.25) is 0 Å². The largest absolute Gasteiger partial charge is 0.497 e. The van der Waals surface area contributed by atoms with Crippen molar-refractivity contribution in [1.29, 1.82) is 0 Å². The Morgan fingerprint density at radius 1 is 1.16 bits per heavy atom. The van der Waals surface area contributed by atoms with Gasteiger partial charge in [-0.2, -0.15) is 18.3 Å². The third-order valence-corrected chi connectivity index (χ3v) is 7.63. The number of anilines is 1. The number of benzene rings is 1. The fraction of sp³-hybridized carbons (Fsp3) is 0.308. The summed E-state index contributed by atoms with van der Waals surface area (Å²) in [4.78, 5) is 31.0. The van der Waals surface area contributed by atoms with Crippen LogP contribution < -0.4 is 10.1 Å². The first kappa shape index (κ1) is 25.7. The van der Waals surface area contributed by atoms with Crippen LogP contribution in [0.4, 0.5) is 18.2 Å². The first-order chi connectivity index (χ1) is 18.1. The molecule has 0 radical (unpaired) electrons. The second-order valence-electron chi connectivity index (χ2n) is 9.05. The molecule has 0 saturated carbocycles. The van der Waals surface area contributed by atoms with Crippen LogP contribution in [0, 0.1) is 5.92 Å². The van der Waals surface area contributed by atoms with E-state index in [1.807, 2.05) is 0 Å². The van der Waals surface area contributed by atoms with Gasteiger partial charge in [-0.15, -0.1) is 11.3 Å². The fourth-order valence-corrected chi connectivity index (χ4v) is 5.91. The van der Waals surface area contributed by atoms with Crippen molar-refractivity contribution in [2.24, 2.45) is 5.92 Å². The van der Waals surface area contributed by atoms with Crippen molar-refractivity contribution in [3.63, 3.8) is 0 Å². The van der Waals surface area contributed by atoms with Crippen LogP contribution in [0.25, 0.3) is 16.9 Å². The number of amides is 1. The minimum Gasteiger partial charge on any atom is -0.497 e. The van der Waals surface area contributed by atoms with Gasteiger partial charge < -0.3 is 14.8 Å². The van der Waals surface area contributed by atoms with Gasteiger partial charge in [-0.25, -0.2) is 14.3 Å². The first-order valence-corrected chi connectivity index (χ1v) is 12.6. The van der Waals surface area contributed by atoms with Crippen LogP contribution in [0.5, 0.6) is 5.75 Å². The van der Waals surface area contributed by atoms with Crippen molar-refractivity contribution in [2.45, 2.75) is 32.4 Å². The molecule has 1 aliphatic carbocycles. The number of aromatic nitrogens is 3. The molecule has 8 nitrogen and oxygen atoms in total. The fourth-order valence-electron chi connectivity index (χ4n) is 4.52. The summed E-state index contributed by atoms with van der Waals surface area (Å²) < 4.78 is 52.6. The normalized spacial score (nSPS) is 15.3. The van der Waals surface area contributed by atoms with Gasteiger partial charge in [-0.1, -0.05) is 6.92 Å². The number of carbonyl (C=O) groups is 2. The summed E-state index contributed by atoms with van der Waals surface area (Å²) in [5.74, 6) is -0.357. The quantitative estimate of drug-likeness (QED) is 0.327. The van der Waals surface area contributed by atoms with Crippen LogP contribution >= 0.6 is 11.3 Å². The van der Waals surface area contributed by atoms with E-state index in [1.54, 1.807) is 24.3 Å². The third-order valence-electron chi connectivity index (χ3n) is 6.46. The molecular formula is C26H23F3N4O4S. The number of methoxy groups -OCH3 is 2. The Morgan fingerprint density at radius 3 is 2.55 bits per heavy atom. The summed E-state index contributed by atoms with van der Waals surface area (Å²) in [7, 11) is 2.75. The van der Waals surface area contributed by atoms with Crippen LogP contribution in [0.15, 0.2) is 36.4 Å². The number of fused-ring (bicyclic) bond motifs is 2. The molecule has 38 heavy (non-hydrogen) atoms. The van der Waals surface area contributed by atoms with Crippen molar-refractivity contribution < 1.29 is 32.2 Å². The minimum atomic E-state index is -4.76. The smallest absolute Gasteiger partial charge is 0.433 e. The number of hydrogen-bond acceptors (Lipinski definition) is 7. The number of nitrogens with one attached hydrogen (secondary N) is 1. The number of halogens is 3. The SMILES string of the molecule is COC(=O)c1c(NC(=O)c2cc3nc(-c4ccc(OC)cc4)cc(C(F)(F)F)n3n2)sc2c1CC[C@@H](C)C2. The molecule has 4 aromatic rings. The maximum atomic E-state index is 14.0. The van der Waals surface area contributed by atoms with Gasteiger partial charge in [0.15, 0.2) is 17.0 Å². The maximum absolute atomic E-state index is 14.0. The molecule has 0 spiro atoms. The van der Waals surface area contributed by atoms with Gasteiger partial charge in [0.25, 0.3) is 5.91 Å².